The number of nitrogens with two attached hydrogens (primary N) is 1. The molecular formula is C49H81N3O16P2. The number of hydrogen-bond donors (Lipinski definition) is 6. The van der Waals surface area contributed by atoms with Crippen LogP contribution in [0, 0.1) is 5.92 Å². The zero-order chi connectivity index (χ0) is 51.6. The first-order chi connectivity index (χ1) is 33.5. The van der Waals surface area contributed by atoms with Crippen LogP contribution in [0.15, 0.2) is 77.8 Å². The number of carbonyl (C=O) groups is 2. The zero-order valence-corrected chi connectivity index (χ0v) is 43.1. The maximum atomic E-state index is 12.9. The van der Waals surface area contributed by atoms with Crippen LogP contribution in [-0.4, -0.2) is 96.9 Å². The molecule has 0 saturated carbocycles. The van der Waals surface area contributed by atoms with Crippen molar-refractivity contribution in [2.75, 3.05) is 25.6 Å². The second-order valence-electron chi connectivity index (χ2n) is 17.4. The van der Waals surface area contributed by atoms with Crippen molar-refractivity contribution in [3.8, 4) is 0 Å². The first-order valence-electron chi connectivity index (χ1n) is 24.8. The van der Waals surface area contributed by atoms with Gasteiger partial charge in [-0.15, -0.1) is 0 Å². The Morgan fingerprint density at radius 1 is 0.786 bits per heavy atom. The molecule has 1 aliphatic heterocycles. The van der Waals surface area contributed by atoms with Gasteiger partial charge in [-0.1, -0.05) is 152 Å². The summed E-state index contributed by atoms with van der Waals surface area (Å²) in [5.41, 5.74) is 4.57. The third-order valence-electron chi connectivity index (χ3n) is 11.3. The summed E-state index contributed by atoms with van der Waals surface area (Å²) in [4.78, 5) is 61.9. The molecule has 0 aliphatic carbocycles. The highest BCUT2D eigenvalue weighted by Crippen LogP contribution is 2.60. The third kappa shape index (κ3) is 29.1. The Hall–Kier alpha value is -3.58. The molecule has 0 bridgehead atoms. The van der Waals surface area contributed by atoms with Crippen LogP contribution in [0.25, 0.3) is 0 Å². The normalized spacial score (nSPS) is 20.7. The lowest BCUT2D eigenvalue weighted by Crippen LogP contribution is -2.36. The van der Waals surface area contributed by atoms with Crippen LogP contribution in [0.5, 0.6) is 0 Å². The lowest BCUT2D eigenvalue weighted by Gasteiger charge is -2.21. The topological polar surface area (TPSA) is 286 Å². The molecule has 0 radical (unpaired) electrons. The molecule has 9 atom stereocenters. The first kappa shape index (κ1) is 62.5. The number of esters is 2. The molecule has 1 fully saturated rings. The molecule has 70 heavy (non-hydrogen) atoms. The van der Waals surface area contributed by atoms with Crippen molar-refractivity contribution in [2.45, 2.75) is 186 Å². The van der Waals surface area contributed by atoms with Crippen molar-refractivity contribution in [2.24, 2.45) is 5.92 Å². The second kappa shape index (κ2) is 36.4. The van der Waals surface area contributed by atoms with Crippen LogP contribution in [-0.2, 0) is 46.3 Å². The van der Waals surface area contributed by atoms with Gasteiger partial charge >= 0.3 is 33.3 Å². The number of ether oxygens (including phenoxy) is 3. The van der Waals surface area contributed by atoms with Gasteiger partial charge in [-0.25, -0.2) is 13.9 Å². The van der Waals surface area contributed by atoms with Gasteiger partial charge in [0.1, 0.15) is 30.7 Å². The number of nitrogen functional groups attached to an aromatic ring is 1. The highest BCUT2D eigenvalue weighted by molar-refractivity contribution is 7.61. The molecule has 4 unspecified atom stereocenters. The molecule has 19 nitrogen and oxygen atoms in total. The Balaban J connectivity index is 1.87. The van der Waals surface area contributed by atoms with Crippen molar-refractivity contribution in [1.82, 2.24) is 9.55 Å². The Morgan fingerprint density at radius 2 is 1.37 bits per heavy atom. The van der Waals surface area contributed by atoms with E-state index in [2.05, 4.69) is 60.4 Å². The monoisotopic (exact) mass is 1030 g/mol. The van der Waals surface area contributed by atoms with Gasteiger partial charge in [0.25, 0.3) is 0 Å². The smallest absolute Gasteiger partial charge is 0.462 e. The molecule has 2 rings (SSSR count). The summed E-state index contributed by atoms with van der Waals surface area (Å²) in [5, 5.41) is 31.3. The molecule has 1 aromatic heterocycles. The van der Waals surface area contributed by atoms with E-state index in [0.29, 0.717) is 6.42 Å². The number of anilines is 1. The van der Waals surface area contributed by atoms with Crippen LogP contribution in [0.4, 0.5) is 5.82 Å². The molecule has 1 aliphatic rings. The molecule has 0 aromatic carbocycles. The number of hydrogen-bond acceptors (Lipinski definition) is 16. The standard InChI is InChI=1S/C49H81N3O16P2/c1-4-6-7-8-9-10-11-12-13-17-20-23-26-30-40(53)31-28-33-45(55)66-41(36-63-44(54)32-27-24-21-18-15-14-16-19-22-25-29-39(3)5-2)37-64-69(59,60)68-70(61,62)65-38-42-46(56)47(57)48(67-42)52-35-34-43(50)51-49(52)58/h6-7,9-10,12-13,20,23,26,30,34-35,39-42,46-48,53,56-57H,4-5,8,11,14-19,21-22,24-25,27-29,31-33,36-38H2,1-3H3,(H,59,60)(H,61,62)(H2,50,51,58)/b7-6-,10-9-,13-12-,23-20-,30-26+/t39?,40?,41-,42-,46-,47-,48-/m1/s1. The number of allylic oxidation sites excluding steroid dienone is 9. The molecular weight excluding hydrogens is 948 g/mol. The van der Waals surface area contributed by atoms with Crippen LogP contribution >= 0.6 is 15.6 Å². The number of phosphoric ester groups is 2. The SMILES string of the molecule is CC/C=C\C/C=C\C/C=C\C/C=C\C=C\C(O)CCCC(=O)O[C@H](COC(=O)CCCCCCCCCCCCC(C)CC)COP(=O)(O)OP(=O)(O)OC[C@H]1O[C@@H](n2ccc(N)nc2=O)[C@H](O)[C@@H]1O. The predicted octanol–water partition coefficient (Wildman–Crippen LogP) is 8.77. The maximum absolute atomic E-state index is 12.9. The number of aliphatic hydroxyl groups is 3. The fourth-order valence-corrected chi connectivity index (χ4v) is 9.13. The quantitative estimate of drug-likeness (QED) is 0.0118. The largest absolute Gasteiger partial charge is 0.481 e. The minimum absolute atomic E-state index is 0.0848. The van der Waals surface area contributed by atoms with Gasteiger partial charge in [0.05, 0.1) is 19.3 Å². The van der Waals surface area contributed by atoms with E-state index in [9.17, 15) is 48.6 Å². The Kier molecular flexibility index (Phi) is 32.5. The van der Waals surface area contributed by atoms with Gasteiger partial charge in [0, 0.05) is 19.0 Å². The van der Waals surface area contributed by atoms with Gasteiger partial charge in [0.2, 0.25) is 0 Å². The van der Waals surface area contributed by atoms with Gasteiger partial charge in [0.15, 0.2) is 12.3 Å². The maximum Gasteiger partial charge on any atom is 0.481 e. The molecule has 1 aromatic rings. The molecule has 398 valence electrons. The zero-order valence-electron chi connectivity index (χ0n) is 41.3. The summed E-state index contributed by atoms with van der Waals surface area (Å²) in [6.07, 6.45) is 29.1. The van der Waals surface area contributed by atoms with Gasteiger partial charge in [-0.3, -0.25) is 23.2 Å². The van der Waals surface area contributed by atoms with E-state index >= 15 is 0 Å². The van der Waals surface area contributed by atoms with Crippen molar-refractivity contribution in [3.05, 3.63) is 83.5 Å². The van der Waals surface area contributed by atoms with Crippen molar-refractivity contribution >= 4 is 33.4 Å². The number of carbonyl (C=O) groups excluding carboxylic acids is 2. The second-order valence-corrected chi connectivity index (χ2v) is 20.4. The molecule has 0 amide bonds. The minimum atomic E-state index is -5.47. The number of rotatable bonds is 39. The lowest BCUT2D eigenvalue weighted by molar-refractivity contribution is -0.161. The van der Waals surface area contributed by atoms with Crippen molar-refractivity contribution < 1.29 is 71.4 Å². The van der Waals surface area contributed by atoms with Crippen LogP contribution in [0.3, 0.4) is 0 Å². The summed E-state index contributed by atoms with van der Waals surface area (Å²) in [6.45, 7) is 4.15. The summed E-state index contributed by atoms with van der Waals surface area (Å²) >= 11 is 0. The van der Waals surface area contributed by atoms with Gasteiger partial charge in [-0.05, 0) is 56.9 Å². The lowest BCUT2D eigenvalue weighted by atomic mass is 9.99. The van der Waals surface area contributed by atoms with E-state index in [4.69, 9.17) is 29.0 Å². The van der Waals surface area contributed by atoms with Gasteiger partial charge < -0.3 is 45.1 Å². The molecule has 21 heteroatoms. The minimum Gasteiger partial charge on any atom is -0.462 e. The van der Waals surface area contributed by atoms with E-state index in [1.54, 1.807) is 12.2 Å². The average molecular weight is 1030 g/mol. The van der Waals surface area contributed by atoms with E-state index < -0.39 is 89.8 Å². The Labute approximate surface area is 414 Å². The van der Waals surface area contributed by atoms with E-state index in [1.807, 2.05) is 18.2 Å². The molecule has 0 spiro atoms. The van der Waals surface area contributed by atoms with Crippen LogP contribution in [0.1, 0.15) is 155 Å². The molecule has 1 saturated heterocycles. The van der Waals surface area contributed by atoms with Crippen LogP contribution < -0.4 is 11.4 Å². The average Bonchev–Trinajstić information content (AvgIpc) is 3.59. The first-order valence-corrected chi connectivity index (χ1v) is 27.8. The predicted molar refractivity (Wildman–Crippen MR) is 267 cm³/mol. The third-order valence-corrected chi connectivity index (χ3v) is 13.9. The van der Waals surface area contributed by atoms with Crippen molar-refractivity contribution in [1.29, 1.82) is 0 Å². The summed E-state index contributed by atoms with van der Waals surface area (Å²) in [5.74, 6) is -0.721. The van der Waals surface area contributed by atoms with E-state index in [0.717, 1.165) is 68.0 Å². The number of nitrogens with zero attached hydrogens (tertiary/aromatic N) is 2. The van der Waals surface area contributed by atoms with Gasteiger partial charge in [-0.2, -0.15) is 9.29 Å². The highest BCUT2D eigenvalue weighted by atomic mass is 31.3. The highest BCUT2D eigenvalue weighted by Gasteiger charge is 2.46. The van der Waals surface area contributed by atoms with Crippen molar-refractivity contribution in [3.63, 3.8) is 0 Å². The number of phosphoric acid groups is 2. The fraction of sp³-hybridized carbons (Fsp3) is 0.673. The number of aromatic nitrogens is 2. The number of aliphatic hydroxyl groups excluding tert-OH is 3. The van der Waals surface area contributed by atoms with Crippen LogP contribution in [0.2, 0.25) is 0 Å². The van der Waals surface area contributed by atoms with E-state index in [1.165, 1.54) is 51.0 Å². The Bertz CT molecular complexity index is 1940. The number of unbranched alkanes of at least 4 members (excludes halogenated alkanes) is 9. The summed E-state index contributed by atoms with van der Waals surface area (Å²) in [6, 6.07) is 1.24. The summed E-state index contributed by atoms with van der Waals surface area (Å²) < 4.78 is 56.6. The molecule has 7 N–H and O–H groups in total. The fourth-order valence-electron chi connectivity index (χ4n) is 7.02. The Morgan fingerprint density at radius 3 is 2.00 bits per heavy atom. The van der Waals surface area contributed by atoms with E-state index in [-0.39, 0.29) is 31.5 Å². The molecule has 2 heterocycles. The summed E-state index contributed by atoms with van der Waals surface area (Å²) in [7, 11) is -10.9.